The maximum atomic E-state index is 12.7. The van der Waals surface area contributed by atoms with E-state index in [-0.39, 0.29) is 29.4 Å². The summed E-state index contributed by atoms with van der Waals surface area (Å²) < 4.78 is 5.70. The number of Topliss-reactive ketones (excluding diaryl/α,β-unsaturated/α-hetero) is 1. The van der Waals surface area contributed by atoms with Crippen LogP contribution >= 0.6 is 0 Å². The smallest absolute Gasteiger partial charge is 0.302 e. The summed E-state index contributed by atoms with van der Waals surface area (Å²) in [7, 11) is 0. The zero-order valence-electron chi connectivity index (χ0n) is 13.5. The maximum Gasteiger partial charge on any atom is 0.302 e. The van der Waals surface area contributed by atoms with E-state index < -0.39 is 0 Å². The van der Waals surface area contributed by atoms with Gasteiger partial charge in [0.15, 0.2) is 0 Å². The Bertz CT molecular complexity index is 555. The number of piperidine rings is 1. The summed E-state index contributed by atoms with van der Waals surface area (Å²) in [6, 6.07) is 0. The van der Waals surface area contributed by atoms with Crippen LogP contribution in [0.5, 0.6) is 0 Å². The molecule has 2 aliphatic heterocycles. The molecule has 1 spiro atoms. The minimum absolute atomic E-state index is 0.00708. The molecule has 5 atom stereocenters. The summed E-state index contributed by atoms with van der Waals surface area (Å²) in [4.78, 5) is 26.9. The van der Waals surface area contributed by atoms with Gasteiger partial charge < -0.3 is 4.74 Å². The van der Waals surface area contributed by atoms with Gasteiger partial charge in [0.1, 0.15) is 11.9 Å². The molecule has 4 rings (SSSR count). The minimum atomic E-state index is -0.208. The second-order valence-electron chi connectivity index (χ2n) is 7.55. The fraction of sp³-hybridized carbons (Fsp3) is 0.778. The summed E-state index contributed by atoms with van der Waals surface area (Å²) in [6.45, 7) is 5.78. The molecule has 0 N–H and O–H groups in total. The molecule has 0 aromatic heterocycles. The topological polar surface area (TPSA) is 46.6 Å². The molecule has 4 nitrogen and oxygen atoms in total. The molecule has 2 aliphatic carbocycles. The second-order valence-corrected chi connectivity index (χ2v) is 7.55. The number of hydrogen-bond acceptors (Lipinski definition) is 4. The largest absolute Gasteiger partial charge is 0.462 e. The molecule has 2 bridgehead atoms. The van der Waals surface area contributed by atoms with E-state index in [1.165, 1.54) is 18.9 Å². The first-order valence-electron chi connectivity index (χ1n) is 8.70. The molecule has 0 radical (unpaired) electrons. The van der Waals surface area contributed by atoms with Crippen LogP contribution < -0.4 is 0 Å². The van der Waals surface area contributed by atoms with Gasteiger partial charge >= 0.3 is 5.97 Å². The van der Waals surface area contributed by atoms with E-state index in [0.717, 1.165) is 32.4 Å². The highest BCUT2D eigenvalue weighted by atomic mass is 16.5. The molecule has 4 heteroatoms. The van der Waals surface area contributed by atoms with Crippen molar-refractivity contribution in [2.24, 2.45) is 17.8 Å². The van der Waals surface area contributed by atoms with Crippen LogP contribution in [0.3, 0.4) is 0 Å². The fourth-order valence-electron chi connectivity index (χ4n) is 5.82. The lowest BCUT2D eigenvalue weighted by Crippen LogP contribution is -2.70. The van der Waals surface area contributed by atoms with Crippen molar-refractivity contribution in [3.8, 4) is 0 Å². The lowest BCUT2D eigenvalue weighted by Gasteiger charge is -2.64. The van der Waals surface area contributed by atoms with Crippen LogP contribution in [0.1, 0.15) is 46.0 Å². The summed E-state index contributed by atoms with van der Waals surface area (Å²) in [5, 5.41) is 0. The Morgan fingerprint density at radius 1 is 1.41 bits per heavy atom. The first-order chi connectivity index (χ1) is 10.5. The van der Waals surface area contributed by atoms with Crippen LogP contribution in [0.2, 0.25) is 0 Å². The standard InChI is InChI=1S/C18H25NO3/c1-11-10-18-14-5-3-7-19(18)8-4-6-15(18)16(22-12(2)20)9-13(14)17(11)21/h5,11,13,15-16H,3-4,6-10H2,1-2H3/t11-,13+,15-,16-,18-/m1/s1. The lowest BCUT2D eigenvalue weighted by atomic mass is 9.51. The van der Waals surface area contributed by atoms with E-state index >= 15 is 0 Å². The van der Waals surface area contributed by atoms with E-state index in [9.17, 15) is 9.59 Å². The molecule has 0 aromatic rings. The Hall–Kier alpha value is -1.16. The highest BCUT2D eigenvalue weighted by molar-refractivity contribution is 5.88. The number of carbonyl (C=O) groups is 2. The zero-order valence-corrected chi connectivity index (χ0v) is 13.5. The lowest BCUT2D eigenvalue weighted by molar-refractivity contribution is -0.169. The van der Waals surface area contributed by atoms with Crippen molar-refractivity contribution in [1.82, 2.24) is 4.90 Å². The predicted octanol–water partition coefficient (Wildman–Crippen LogP) is 2.33. The summed E-state index contributed by atoms with van der Waals surface area (Å²) in [6.07, 6.45) is 7.21. The number of rotatable bonds is 1. The highest BCUT2D eigenvalue weighted by Crippen LogP contribution is 2.58. The molecule has 3 fully saturated rings. The van der Waals surface area contributed by atoms with Crippen molar-refractivity contribution in [1.29, 1.82) is 0 Å². The first-order valence-corrected chi connectivity index (χ1v) is 8.70. The van der Waals surface area contributed by atoms with Crippen LogP contribution in [0, 0.1) is 17.8 Å². The van der Waals surface area contributed by atoms with Crippen molar-refractivity contribution in [2.45, 2.75) is 57.6 Å². The first kappa shape index (κ1) is 14.4. The zero-order chi connectivity index (χ0) is 15.5. The average molecular weight is 303 g/mol. The van der Waals surface area contributed by atoms with Crippen LogP contribution in [-0.4, -0.2) is 41.4 Å². The second kappa shape index (κ2) is 4.92. The van der Waals surface area contributed by atoms with Crippen molar-refractivity contribution in [3.63, 3.8) is 0 Å². The molecule has 1 saturated heterocycles. The van der Waals surface area contributed by atoms with Gasteiger partial charge in [0, 0.05) is 36.8 Å². The van der Waals surface area contributed by atoms with E-state index in [4.69, 9.17) is 4.74 Å². The Balaban J connectivity index is 1.82. The minimum Gasteiger partial charge on any atom is -0.462 e. The molecule has 2 saturated carbocycles. The van der Waals surface area contributed by atoms with Crippen molar-refractivity contribution >= 4 is 11.8 Å². The van der Waals surface area contributed by atoms with Gasteiger partial charge in [0.25, 0.3) is 0 Å². The van der Waals surface area contributed by atoms with Crippen molar-refractivity contribution in [2.75, 3.05) is 13.1 Å². The normalized spacial score (nSPS) is 44.1. The van der Waals surface area contributed by atoms with Gasteiger partial charge in [0.2, 0.25) is 0 Å². The molecule has 2 heterocycles. The quantitative estimate of drug-likeness (QED) is 0.551. The average Bonchev–Trinajstić information content (AvgIpc) is 2.47. The molecule has 0 unspecified atom stereocenters. The molecule has 4 aliphatic rings. The van der Waals surface area contributed by atoms with E-state index in [0.29, 0.717) is 18.1 Å². The third kappa shape index (κ3) is 1.79. The van der Waals surface area contributed by atoms with Gasteiger partial charge in [0.05, 0.1) is 0 Å². The van der Waals surface area contributed by atoms with Crippen molar-refractivity contribution < 1.29 is 14.3 Å². The van der Waals surface area contributed by atoms with E-state index in [1.807, 2.05) is 0 Å². The summed E-state index contributed by atoms with van der Waals surface area (Å²) in [5.74, 6) is 0.621. The molecule has 0 amide bonds. The molecule has 22 heavy (non-hydrogen) atoms. The van der Waals surface area contributed by atoms with E-state index in [1.54, 1.807) is 0 Å². The number of ketones is 1. The van der Waals surface area contributed by atoms with Gasteiger partial charge in [-0.2, -0.15) is 0 Å². The number of esters is 1. The number of carbonyl (C=O) groups excluding carboxylic acids is 2. The molecular weight excluding hydrogens is 278 g/mol. The van der Waals surface area contributed by atoms with Crippen LogP contribution in [-0.2, 0) is 14.3 Å². The summed E-state index contributed by atoms with van der Waals surface area (Å²) in [5.41, 5.74) is 1.36. The van der Waals surface area contributed by atoms with Crippen LogP contribution in [0.4, 0.5) is 0 Å². The van der Waals surface area contributed by atoms with Gasteiger partial charge in [-0.05, 0) is 44.2 Å². The SMILES string of the molecule is CC(=O)O[C@@H]1C[C@@H]2C(=O)[C@H](C)C[C@]34C2=CCCN3CCC[C@H]14. The number of hydrogen-bond donors (Lipinski definition) is 0. The van der Waals surface area contributed by atoms with Gasteiger partial charge in [-0.15, -0.1) is 0 Å². The highest BCUT2D eigenvalue weighted by Gasteiger charge is 2.62. The third-order valence-corrected chi connectivity index (χ3v) is 6.44. The Morgan fingerprint density at radius 3 is 3.00 bits per heavy atom. The van der Waals surface area contributed by atoms with Gasteiger partial charge in [-0.3, -0.25) is 14.5 Å². The van der Waals surface area contributed by atoms with E-state index in [2.05, 4.69) is 17.9 Å². The van der Waals surface area contributed by atoms with Crippen molar-refractivity contribution in [3.05, 3.63) is 11.6 Å². The predicted molar refractivity (Wildman–Crippen MR) is 82.2 cm³/mol. The van der Waals surface area contributed by atoms with Crippen LogP contribution in [0.25, 0.3) is 0 Å². The molecule has 0 aromatic carbocycles. The fourth-order valence-corrected chi connectivity index (χ4v) is 5.82. The van der Waals surface area contributed by atoms with Gasteiger partial charge in [-0.1, -0.05) is 13.0 Å². The maximum absolute atomic E-state index is 12.7. The third-order valence-electron chi connectivity index (χ3n) is 6.44. The Labute approximate surface area is 131 Å². The molecule has 120 valence electrons. The summed E-state index contributed by atoms with van der Waals surface area (Å²) >= 11 is 0. The number of nitrogens with zero attached hydrogens (tertiary/aromatic N) is 1. The van der Waals surface area contributed by atoms with Crippen LogP contribution in [0.15, 0.2) is 11.6 Å². The van der Waals surface area contributed by atoms with Gasteiger partial charge in [-0.25, -0.2) is 0 Å². The Morgan fingerprint density at radius 2 is 2.23 bits per heavy atom. The molecular formula is C18H25NO3. The number of ether oxygens (including phenoxy) is 1. The monoisotopic (exact) mass is 303 g/mol. The Kier molecular flexibility index (Phi) is 3.23.